The number of furan rings is 2. The number of rotatable bonds is 7. The predicted octanol–water partition coefficient (Wildman–Crippen LogP) is 3.63. The summed E-state index contributed by atoms with van der Waals surface area (Å²) >= 11 is 0. The zero-order chi connectivity index (χ0) is 24.9. The van der Waals surface area contributed by atoms with E-state index >= 15 is 0 Å². The van der Waals surface area contributed by atoms with E-state index in [1.165, 1.54) is 16.7 Å². The maximum Gasteiger partial charge on any atom is 0.290 e. The largest absolute Gasteiger partial charge is 0.467 e. The maximum atomic E-state index is 13.1. The topological polar surface area (TPSA) is 95.9 Å². The molecule has 1 aromatic carbocycles. The van der Waals surface area contributed by atoms with E-state index in [-0.39, 0.29) is 30.7 Å². The van der Waals surface area contributed by atoms with E-state index in [0.717, 1.165) is 17.1 Å². The van der Waals surface area contributed by atoms with Crippen LogP contribution in [0, 0.1) is 6.92 Å². The van der Waals surface area contributed by atoms with Crippen LogP contribution in [0.1, 0.15) is 21.9 Å². The van der Waals surface area contributed by atoms with Gasteiger partial charge in [0.2, 0.25) is 5.91 Å². The zero-order valence-electron chi connectivity index (χ0n) is 20.0. The molecule has 9 nitrogen and oxygen atoms in total. The van der Waals surface area contributed by atoms with Crippen LogP contribution in [0.2, 0.25) is 0 Å². The van der Waals surface area contributed by atoms with Crippen molar-refractivity contribution in [2.45, 2.75) is 13.5 Å². The number of hydrogen-bond acceptors (Lipinski definition) is 7. The first-order valence-corrected chi connectivity index (χ1v) is 11.9. The van der Waals surface area contributed by atoms with Crippen LogP contribution in [0.3, 0.4) is 0 Å². The molecule has 0 radical (unpaired) electrons. The Balaban J connectivity index is 1.19. The number of aryl methyl sites for hydroxylation is 1. The van der Waals surface area contributed by atoms with E-state index in [0.29, 0.717) is 31.9 Å². The predicted molar refractivity (Wildman–Crippen MR) is 133 cm³/mol. The van der Waals surface area contributed by atoms with Crippen molar-refractivity contribution in [3.8, 4) is 11.3 Å². The minimum Gasteiger partial charge on any atom is -0.467 e. The van der Waals surface area contributed by atoms with Gasteiger partial charge in [-0.2, -0.15) is 0 Å². The first-order chi connectivity index (χ1) is 17.6. The van der Waals surface area contributed by atoms with Crippen LogP contribution in [0.5, 0.6) is 0 Å². The lowest BCUT2D eigenvalue weighted by Crippen LogP contribution is -2.52. The second kappa shape index (κ2) is 10.5. The summed E-state index contributed by atoms with van der Waals surface area (Å²) in [5, 5.41) is 8.80. The maximum absolute atomic E-state index is 13.1. The second-order valence-electron chi connectivity index (χ2n) is 8.73. The fourth-order valence-electron chi connectivity index (χ4n) is 4.17. The van der Waals surface area contributed by atoms with Crippen molar-refractivity contribution < 1.29 is 18.4 Å². The third-order valence-electron chi connectivity index (χ3n) is 6.23. The van der Waals surface area contributed by atoms with E-state index in [2.05, 4.69) is 34.2 Å². The molecule has 0 atom stereocenters. The highest BCUT2D eigenvalue weighted by atomic mass is 16.3. The van der Waals surface area contributed by atoms with Crippen molar-refractivity contribution in [1.82, 2.24) is 20.0 Å². The molecule has 0 saturated carbocycles. The van der Waals surface area contributed by atoms with Crippen molar-refractivity contribution in [3.63, 3.8) is 0 Å². The highest BCUT2D eigenvalue weighted by Gasteiger charge is 2.27. The number of benzene rings is 1. The minimum atomic E-state index is -0.354. The lowest BCUT2D eigenvalue weighted by Gasteiger charge is -2.36. The standard InChI is InChI=1S/C27H27N5O4/c1-20-6-8-21(9-7-20)23-10-11-25(29-28-23)30-12-14-31(15-13-30)26(33)19-32(18-22-4-2-16-35-22)27(34)24-5-3-17-36-24/h2-11,16-17H,12-15,18-19H2,1H3. The molecule has 4 heterocycles. The Morgan fingerprint density at radius 3 is 2.28 bits per heavy atom. The Hall–Kier alpha value is -4.40. The molecule has 0 aliphatic carbocycles. The summed E-state index contributed by atoms with van der Waals surface area (Å²) in [7, 11) is 0. The molecule has 1 saturated heterocycles. The number of carbonyl (C=O) groups is 2. The number of amides is 2. The third-order valence-corrected chi connectivity index (χ3v) is 6.23. The summed E-state index contributed by atoms with van der Waals surface area (Å²) in [6.07, 6.45) is 2.98. The highest BCUT2D eigenvalue weighted by Crippen LogP contribution is 2.20. The van der Waals surface area contributed by atoms with Crippen molar-refractivity contribution in [1.29, 1.82) is 0 Å². The first-order valence-electron chi connectivity index (χ1n) is 11.9. The van der Waals surface area contributed by atoms with E-state index in [1.54, 1.807) is 35.4 Å². The Bertz CT molecular complexity index is 1280. The van der Waals surface area contributed by atoms with Gasteiger partial charge in [-0.1, -0.05) is 29.8 Å². The second-order valence-corrected chi connectivity index (χ2v) is 8.73. The van der Waals surface area contributed by atoms with Crippen molar-refractivity contribution >= 4 is 17.6 Å². The molecule has 0 unspecified atom stereocenters. The summed E-state index contributed by atoms with van der Waals surface area (Å²) in [6.45, 7) is 4.50. The first kappa shape index (κ1) is 23.3. The van der Waals surface area contributed by atoms with Gasteiger partial charge in [-0.3, -0.25) is 9.59 Å². The molecule has 3 aromatic heterocycles. The average Bonchev–Trinajstić information content (AvgIpc) is 3.63. The van der Waals surface area contributed by atoms with Gasteiger partial charge >= 0.3 is 0 Å². The molecule has 184 valence electrons. The Morgan fingerprint density at radius 1 is 0.889 bits per heavy atom. The fraction of sp³-hybridized carbons (Fsp3) is 0.259. The van der Waals surface area contributed by atoms with Gasteiger partial charge in [0.05, 0.1) is 24.8 Å². The van der Waals surface area contributed by atoms with Gasteiger partial charge in [-0.25, -0.2) is 0 Å². The molecular formula is C27H27N5O4. The van der Waals surface area contributed by atoms with Gasteiger partial charge in [0.15, 0.2) is 11.6 Å². The molecule has 9 heteroatoms. The average molecular weight is 486 g/mol. The normalized spacial score (nSPS) is 13.6. The van der Waals surface area contributed by atoms with E-state index in [9.17, 15) is 9.59 Å². The SMILES string of the molecule is Cc1ccc(-c2ccc(N3CCN(C(=O)CN(Cc4ccco4)C(=O)c4ccco4)CC3)nn2)cc1. The summed E-state index contributed by atoms with van der Waals surface area (Å²) < 4.78 is 10.7. The van der Waals surface area contributed by atoms with Crippen LogP contribution in [0.25, 0.3) is 11.3 Å². The molecule has 2 amide bonds. The van der Waals surface area contributed by atoms with Crippen LogP contribution < -0.4 is 4.90 Å². The van der Waals surface area contributed by atoms with Crippen molar-refractivity contribution in [2.24, 2.45) is 0 Å². The third kappa shape index (κ3) is 5.30. The number of aromatic nitrogens is 2. The summed E-state index contributed by atoms with van der Waals surface area (Å²) in [5.41, 5.74) is 3.05. The highest BCUT2D eigenvalue weighted by molar-refractivity contribution is 5.94. The molecule has 5 rings (SSSR count). The molecule has 1 aliphatic heterocycles. The zero-order valence-corrected chi connectivity index (χ0v) is 20.0. The van der Waals surface area contributed by atoms with E-state index in [4.69, 9.17) is 8.83 Å². The van der Waals surface area contributed by atoms with Crippen LogP contribution in [0.4, 0.5) is 5.82 Å². The quantitative estimate of drug-likeness (QED) is 0.394. The van der Waals surface area contributed by atoms with Gasteiger partial charge in [-0.05, 0) is 43.3 Å². The van der Waals surface area contributed by atoms with Gasteiger partial charge in [0, 0.05) is 31.7 Å². The molecule has 1 fully saturated rings. The lowest BCUT2D eigenvalue weighted by molar-refractivity contribution is -0.132. The van der Waals surface area contributed by atoms with Crippen LogP contribution in [0.15, 0.2) is 82.0 Å². The van der Waals surface area contributed by atoms with Gasteiger partial charge in [0.1, 0.15) is 12.3 Å². The van der Waals surface area contributed by atoms with Crippen LogP contribution >= 0.6 is 0 Å². The molecule has 0 bridgehead atoms. The fourth-order valence-corrected chi connectivity index (χ4v) is 4.17. The smallest absolute Gasteiger partial charge is 0.290 e. The van der Waals surface area contributed by atoms with Crippen LogP contribution in [-0.2, 0) is 11.3 Å². The number of piperazine rings is 1. The minimum absolute atomic E-state index is 0.0642. The number of anilines is 1. The van der Waals surface area contributed by atoms with Gasteiger partial charge in [-0.15, -0.1) is 10.2 Å². The number of nitrogens with zero attached hydrogens (tertiary/aromatic N) is 5. The number of carbonyl (C=O) groups excluding carboxylic acids is 2. The molecule has 0 N–H and O–H groups in total. The Labute approximate surface area is 208 Å². The van der Waals surface area contributed by atoms with E-state index in [1.807, 2.05) is 24.3 Å². The lowest BCUT2D eigenvalue weighted by atomic mass is 10.1. The van der Waals surface area contributed by atoms with Crippen molar-refractivity contribution in [3.05, 3.63) is 90.3 Å². The number of hydrogen-bond donors (Lipinski definition) is 0. The van der Waals surface area contributed by atoms with Crippen molar-refractivity contribution in [2.75, 3.05) is 37.6 Å². The van der Waals surface area contributed by atoms with E-state index < -0.39 is 0 Å². The summed E-state index contributed by atoms with van der Waals surface area (Å²) in [4.78, 5) is 31.4. The summed E-state index contributed by atoms with van der Waals surface area (Å²) in [5.74, 6) is 1.09. The summed E-state index contributed by atoms with van der Waals surface area (Å²) in [6, 6.07) is 18.9. The molecule has 4 aromatic rings. The molecule has 1 aliphatic rings. The Kier molecular flexibility index (Phi) is 6.79. The van der Waals surface area contributed by atoms with Gasteiger partial charge < -0.3 is 23.5 Å². The monoisotopic (exact) mass is 485 g/mol. The van der Waals surface area contributed by atoms with Crippen LogP contribution in [-0.4, -0.2) is 64.5 Å². The van der Waals surface area contributed by atoms with Gasteiger partial charge in [0.25, 0.3) is 5.91 Å². The Morgan fingerprint density at radius 2 is 1.64 bits per heavy atom. The molecule has 0 spiro atoms. The molecule has 36 heavy (non-hydrogen) atoms. The molecular weight excluding hydrogens is 458 g/mol.